The molecule has 2 aromatic heterocycles. The van der Waals surface area contributed by atoms with E-state index in [-0.39, 0.29) is 0 Å². The summed E-state index contributed by atoms with van der Waals surface area (Å²) in [5.74, 6) is 0.895. The number of aromatic nitrogens is 2. The van der Waals surface area contributed by atoms with Gasteiger partial charge >= 0.3 is 0 Å². The molecule has 0 aliphatic heterocycles. The summed E-state index contributed by atoms with van der Waals surface area (Å²) < 4.78 is 0.858. The lowest BCUT2D eigenvalue weighted by molar-refractivity contribution is 1.05. The average Bonchev–Trinajstić information content (AvgIpc) is 2.71. The fourth-order valence-electron chi connectivity index (χ4n) is 1.03. The minimum atomic E-state index is 0.858. The quantitative estimate of drug-likeness (QED) is 0.629. The standard InChI is InChI=1S/C9H7IN2S/c10-6-9-11-4-3-7(12-9)8-2-1-5-13-8/h1-5H,6H2. The second-order valence-corrected chi connectivity index (χ2v) is 4.18. The van der Waals surface area contributed by atoms with Crippen LogP contribution in [0.4, 0.5) is 0 Å². The van der Waals surface area contributed by atoms with Crippen molar-refractivity contribution in [1.29, 1.82) is 0 Å². The molecule has 0 aromatic carbocycles. The van der Waals surface area contributed by atoms with Gasteiger partial charge in [0.2, 0.25) is 0 Å². The SMILES string of the molecule is ICc1nccc(-c2cccs2)n1. The van der Waals surface area contributed by atoms with E-state index in [2.05, 4.69) is 44.0 Å². The molecule has 0 saturated carbocycles. The first kappa shape index (κ1) is 9.08. The van der Waals surface area contributed by atoms with Crippen molar-refractivity contribution in [3.05, 3.63) is 35.6 Å². The molecule has 2 aromatic rings. The topological polar surface area (TPSA) is 25.8 Å². The maximum absolute atomic E-state index is 4.43. The van der Waals surface area contributed by atoms with Crippen molar-refractivity contribution in [2.75, 3.05) is 0 Å². The predicted molar refractivity (Wildman–Crippen MR) is 63.1 cm³/mol. The lowest BCUT2D eigenvalue weighted by Gasteiger charge is -1.97. The van der Waals surface area contributed by atoms with E-state index in [0.29, 0.717) is 0 Å². The Balaban J connectivity index is 2.41. The molecule has 0 fully saturated rings. The summed E-state index contributed by atoms with van der Waals surface area (Å²) in [5.41, 5.74) is 1.02. The highest BCUT2D eigenvalue weighted by atomic mass is 127. The van der Waals surface area contributed by atoms with E-state index in [1.807, 2.05) is 18.3 Å². The van der Waals surface area contributed by atoms with Crippen LogP contribution in [-0.2, 0) is 4.43 Å². The molecule has 0 atom stereocenters. The molecule has 2 nitrogen and oxygen atoms in total. The van der Waals surface area contributed by atoms with Crippen molar-refractivity contribution >= 4 is 33.9 Å². The fraction of sp³-hybridized carbons (Fsp3) is 0.111. The molecule has 0 amide bonds. The number of hydrogen-bond donors (Lipinski definition) is 0. The fourth-order valence-corrected chi connectivity index (χ4v) is 2.09. The zero-order valence-corrected chi connectivity index (χ0v) is 9.75. The highest BCUT2D eigenvalue weighted by molar-refractivity contribution is 14.1. The largest absolute Gasteiger partial charge is 0.241 e. The first-order valence-corrected chi connectivity index (χ1v) is 6.22. The Hall–Kier alpha value is -0.490. The first-order chi connectivity index (χ1) is 6.40. The van der Waals surface area contributed by atoms with Gasteiger partial charge < -0.3 is 0 Å². The minimum Gasteiger partial charge on any atom is -0.241 e. The van der Waals surface area contributed by atoms with Crippen LogP contribution in [0.15, 0.2) is 29.8 Å². The number of rotatable bonds is 2. The van der Waals surface area contributed by atoms with Crippen LogP contribution in [0, 0.1) is 0 Å². The van der Waals surface area contributed by atoms with E-state index in [4.69, 9.17) is 0 Å². The lowest BCUT2D eigenvalue weighted by atomic mass is 10.3. The molecule has 0 radical (unpaired) electrons. The van der Waals surface area contributed by atoms with Crippen LogP contribution < -0.4 is 0 Å². The first-order valence-electron chi connectivity index (χ1n) is 3.82. The summed E-state index contributed by atoms with van der Waals surface area (Å²) in [6.07, 6.45) is 1.82. The Morgan fingerprint density at radius 2 is 2.31 bits per heavy atom. The molecule has 0 aliphatic rings. The van der Waals surface area contributed by atoms with Crippen LogP contribution in [0.2, 0.25) is 0 Å². The second-order valence-electron chi connectivity index (χ2n) is 2.47. The van der Waals surface area contributed by atoms with E-state index in [0.717, 1.165) is 15.9 Å². The highest BCUT2D eigenvalue weighted by Crippen LogP contribution is 2.22. The monoisotopic (exact) mass is 302 g/mol. The molecular weight excluding hydrogens is 295 g/mol. The molecular formula is C9H7IN2S. The third-order valence-electron chi connectivity index (χ3n) is 1.60. The van der Waals surface area contributed by atoms with Crippen LogP contribution in [0.1, 0.15) is 5.82 Å². The third kappa shape index (κ3) is 2.05. The van der Waals surface area contributed by atoms with Crippen LogP contribution in [0.25, 0.3) is 10.6 Å². The van der Waals surface area contributed by atoms with Gasteiger partial charge in [-0.2, -0.15) is 0 Å². The molecule has 0 spiro atoms. The maximum Gasteiger partial charge on any atom is 0.138 e. The molecule has 0 saturated heterocycles. The molecule has 0 N–H and O–H groups in total. The van der Waals surface area contributed by atoms with Crippen LogP contribution in [0.5, 0.6) is 0 Å². The van der Waals surface area contributed by atoms with Gasteiger partial charge in [0.25, 0.3) is 0 Å². The Morgan fingerprint density at radius 3 is 3.00 bits per heavy atom. The van der Waals surface area contributed by atoms with E-state index in [1.165, 1.54) is 4.88 Å². The number of alkyl halides is 1. The van der Waals surface area contributed by atoms with Gasteiger partial charge in [-0.15, -0.1) is 11.3 Å². The number of nitrogens with zero attached hydrogens (tertiary/aromatic N) is 2. The molecule has 4 heteroatoms. The summed E-state index contributed by atoms with van der Waals surface area (Å²) >= 11 is 3.97. The van der Waals surface area contributed by atoms with Gasteiger partial charge in [-0.1, -0.05) is 28.7 Å². The molecule has 66 valence electrons. The Labute approximate surface area is 94.2 Å². The average molecular weight is 302 g/mol. The normalized spacial score (nSPS) is 10.2. The number of thiophene rings is 1. The van der Waals surface area contributed by atoms with E-state index >= 15 is 0 Å². The summed E-state index contributed by atoms with van der Waals surface area (Å²) in [4.78, 5) is 9.78. The maximum atomic E-state index is 4.43. The van der Waals surface area contributed by atoms with E-state index in [9.17, 15) is 0 Å². The summed E-state index contributed by atoms with van der Waals surface area (Å²) in [6, 6.07) is 6.05. The summed E-state index contributed by atoms with van der Waals surface area (Å²) in [7, 11) is 0. The van der Waals surface area contributed by atoms with Crippen molar-refractivity contribution in [2.45, 2.75) is 4.43 Å². The number of halogens is 1. The lowest BCUT2D eigenvalue weighted by Crippen LogP contribution is -1.90. The van der Waals surface area contributed by atoms with Crippen molar-refractivity contribution in [1.82, 2.24) is 9.97 Å². The summed E-state index contributed by atoms with van der Waals surface area (Å²) in [5, 5.41) is 2.06. The zero-order chi connectivity index (χ0) is 9.10. The Kier molecular flexibility index (Phi) is 2.90. The third-order valence-corrected chi connectivity index (χ3v) is 3.17. The van der Waals surface area contributed by atoms with Crippen LogP contribution in [0.3, 0.4) is 0 Å². The molecule has 2 rings (SSSR count). The molecule has 13 heavy (non-hydrogen) atoms. The van der Waals surface area contributed by atoms with E-state index in [1.54, 1.807) is 11.3 Å². The van der Waals surface area contributed by atoms with Crippen molar-refractivity contribution < 1.29 is 0 Å². The van der Waals surface area contributed by atoms with E-state index < -0.39 is 0 Å². The van der Waals surface area contributed by atoms with Crippen LogP contribution in [-0.4, -0.2) is 9.97 Å². The smallest absolute Gasteiger partial charge is 0.138 e. The Morgan fingerprint density at radius 1 is 1.38 bits per heavy atom. The molecule has 0 bridgehead atoms. The van der Waals surface area contributed by atoms with Crippen LogP contribution >= 0.6 is 33.9 Å². The van der Waals surface area contributed by atoms with Gasteiger partial charge in [-0.05, 0) is 17.5 Å². The van der Waals surface area contributed by atoms with Gasteiger partial charge in [0.15, 0.2) is 0 Å². The summed E-state index contributed by atoms with van der Waals surface area (Å²) in [6.45, 7) is 0. The number of hydrogen-bond acceptors (Lipinski definition) is 3. The zero-order valence-electron chi connectivity index (χ0n) is 6.77. The van der Waals surface area contributed by atoms with Crippen molar-refractivity contribution in [2.24, 2.45) is 0 Å². The van der Waals surface area contributed by atoms with Gasteiger partial charge in [0.05, 0.1) is 15.0 Å². The van der Waals surface area contributed by atoms with Gasteiger partial charge in [0.1, 0.15) is 5.82 Å². The molecule has 2 heterocycles. The van der Waals surface area contributed by atoms with Crippen molar-refractivity contribution in [3.8, 4) is 10.6 Å². The highest BCUT2D eigenvalue weighted by Gasteiger charge is 2.01. The second kappa shape index (κ2) is 4.15. The van der Waals surface area contributed by atoms with Gasteiger partial charge in [-0.25, -0.2) is 9.97 Å². The minimum absolute atomic E-state index is 0.858. The van der Waals surface area contributed by atoms with Gasteiger partial charge in [0, 0.05) is 6.20 Å². The van der Waals surface area contributed by atoms with Gasteiger partial charge in [-0.3, -0.25) is 0 Å². The molecule has 0 aliphatic carbocycles. The van der Waals surface area contributed by atoms with Crippen molar-refractivity contribution in [3.63, 3.8) is 0 Å². The Bertz CT molecular complexity index is 386. The molecule has 0 unspecified atom stereocenters. The predicted octanol–water partition coefficient (Wildman–Crippen LogP) is 3.14.